The van der Waals surface area contributed by atoms with Crippen molar-refractivity contribution in [2.45, 2.75) is 6.42 Å². The van der Waals surface area contributed by atoms with Crippen molar-refractivity contribution in [3.05, 3.63) is 60.6 Å². The summed E-state index contributed by atoms with van der Waals surface area (Å²) in [6, 6.07) is 12.4. The Balaban J connectivity index is 1.67. The average Bonchev–Trinajstić information content (AvgIpc) is 2.84. The number of benzene rings is 1. The van der Waals surface area contributed by atoms with E-state index in [0.29, 0.717) is 0 Å². The summed E-state index contributed by atoms with van der Waals surface area (Å²) < 4.78 is 0. The number of hydrogen-bond donors (Lipinski definition) is 2. The highest BCUT2D eigenvalue weighted by Crippen LogP contribution is 2.18. The number of nitrogens with one attached hydrogen (secondary N) is 2. The molecule has 0 aliphatic heterocycles. The van der Waals surface area contributed by atoms with Crippen molar-refractivity contribution < 1.29 is 0 Å². The maximum atomic E-state index is 4.08. The van der Waals surface area contributed by atoms with E-state index >= 15 is 0 Å². The molecule has 0 aliphatic rings. The number of pyridine rings is 1. The van der Waals surface area contributed by atoms with Crippen molar-refractivity contribution in [3.8, 4) is 0 Å². The quantitative estimate of drug-likeness (QED) is 0.731. The molecule has 3 rings (SSSR count). The van der Waals surface area contributed by atoms with Gasteiger partial charge in [-0.15, -0.1) is 0 Å². The van der Waals surface area contributed by atoms with Gasteiger partial charge < -0.3 is 10.3 Å². The first-order chi connectivity index (χ1) is 8.93. The van der Waals surface area contributed by atoms with Gasteiger partial charge in [0, 0.05) is 36.0 Å². The molecule has 1 aromatic carbocycles. The monoisotopic (exact) mass is 237 g/mol. The van der Waals surface area contributed by atoms with E-state index in [-0.39, 0.29) is 0 Å². The first kappa shape index (κ1) is 10.8. The third-order valence-corrected chi connectivity index (χ3v) is 3.06. The van der Waals surface area contributed by atoms with Crippen LogP contribution in [-0.4, -0.2) is 16.5 Å². The Morgan fingerprint density at radius 1 is 1.11 bits per heavy atom. The molecule has 0 bridgehead atoms. The number of nitrogens with zero attached hydrogens (tertiary/aromatic N) is 1. The lowest BCUT2D eigenvalue weighted by Crippen LogP contribution is -2.04. The lowest BCUT2D eigenvalue weighted by Gasteiger charge is -2.04. The highest BCUT2D eigenvalue weighted by Gasteiger charge is 2.01. The van der Waals surface area contributed by atoms with Gasteiger partial charge in [0.25, 0.3) is 0 Å². The van der Waals surface area contributed by atoms with E-state index < -0.39 is 0 Å². The molecule has 2 aromatic heterocycles. The van der Waals surface area contributed by atoms with E-state index in [0.717, 1.165) is 18.7 Å². The summed E-state index contributed by atoms with van der Waals surface area (Å²) >= 11 is 0. The number of para-hydroxylation sites is 1. The van der Waals surface area contributed by atoms with Gasteiger partial charge >= 0.3 is 0 Å². The van der Waals surface area contributed by atoms with E-state index in [1.54, 1.807) is 6.20 Å². The van der Waals surface area contributed by atoms with Crippen LogP contribution in [0.3, 0.4) is 0 Å². The van der Waals surface area contributed by atoms with Crippen LogP contribution in [0.25, 0.3) is 10.9 Å². The molecular formula is C15H15N3. The van der Waals surface area contributed by atoms with Gasteiger partial charge in [0.2, 0.25) is 0 Å². The zero-order valence-corrected chi connectivity index (χ0v) is 10.1. The normalized spacial score (nSPS) is 10.7. The highest BCUT2D eigenvalue weighted by atomic mass is 14.9. The lowest BCUT2D eigenvalue weighted by molar-refractivity contribution is 1.03. The number of aromatic amines is 1. The second-order valence-corrected chi connectivity index (χ2v) is 4.28. The van der Waals surface area contributed by atoms with E-state index in [9.17, 15) is 0 Å². The van der Waals surface area contributed by atoms with Crippen LogP contribution >= 0.6 is 0 Å². The van der Waals surface area contributed by atoms with Crippen molar-refractivity contribution in [2.75, 3.05) is 11.9 Å². The summed E-state index contributed by atoms with van der Waals surface area (Å²) in [7, 11) is 0. The van der Waals surface area contributed by atoms with E-state index in [4.69, 9.17) is 0 Å². The minimum absolute atomic E-state index is 0.910. The SMILES string of the molecule is c1cncc(NCCc2c[nH]c3ccccc23)c1. The van der Waals surface area contributed by atoms with Gasteiger partial charge in [-0.2, -0.15) is 0 Å². The number of anilines is 1. The third-order valence-electron chi connectivity index (χ3n) is 3.06. The fraction of sp³-hybridized carbons (Fsp3) is 0.133. The summed E-state index contributed by atoms with van der Waals surface area (Å²) in [5.74, 6) is 0. The smallest absolute Gasteiger partial charge is 0.0526 e. The summed E-state index contributed by atoms with van der Waals surface area (Å²) in [6.07, 6.45) is 6.72. The number of H-pyrrole nitrogens is 1. The predicted molar refractivity (Wildman–Crippen MR) is 74.7 cm³/mol. The molecule has 0 amide bonds. The van der Waals surface area contributed by atoms with Crippen LogP contribution in [0.1, 0.15) is 5.56 Å². The van der Waals surface area contributed by atoms with Crippen molar-refractivity contribution in [2.24, 2.45) is 0 Å². The maximum Gasteiger partial charge on any atom is 0.0526 e. The average molecular weight is 237 g/mol. The van der Waals surface area contributed by atoms with Crippen molar-refractivity contribution in [3.63, 3.8) is 0 Å². The van der Waals surface area contributed by atoms with Gasteiger partial charge in [-0.25, -0.2) is 0 Å². The second-order valence-electron chi connectivity index (χ2n) is 4.28. The Labute approximate surface area is 106 Å². The van der Waals surface area contributed by atoms with E-state index in [2.05, 4.69) is 45.7 Å². The van der Waals surface area contributed by atoms with Gasteiger partial charge in [-0.05, 0) is 30.2 Å². The molecule has 0 aliphatic carbocycles. The fourth-order valence-electron chi connectivity index (χ4n) is 2.15. The largest absolute Gasteiger partial charge is 0.383 e. The van der Waals surface area contributed by atoms with Gasteiger partial charge in [-0.3, -0.25) is 4.98 Å². The maximum absolute atomic E-state index is 4.08. The fourth-order valence-corrected chi connectivity index (χ4v) is 2.15. The lowest BCUT2D eigenvalue weighted by atomic mass is 10.1. The first-order valence-electron chi connectivity index (χ1n) is 6.12. The molecule has 3 nitrogen and oxygen atoms in total. The molecular weight excluding hydrogens is 222 g/mol. The third kappa shape index (κ3) is 2.20. The molecule has 0 radical (unpaired) electrons. The predicted octanol–water partition coefficient (Wildman–Crippen LogP) is 3.22. The molecule has 2 N–H and O–H groups in total. The van der Waals surface area contributed by atoms with Gasteiger partial charge in [-0.1, -0.05) is 18.2 Å². The minimum Gasteiger partial charge on any atom is -0.383 e. The van der Waals surface area contributed by atoms with E-state index in [1.807, 2.05) is 18.3 Å². The van der Waals surface area contributed by atoms with Gasteiger partial charge in [0.1, 0.15) is 0 Å². The molecule has 18 heavy (non-hydrogen) atoms. The standard InChI is InChI=1S/C15H15N3/c1-2-6-15-14(5-1)12(10-18-15)7-9-17-13-4-3-8-16-11-13/h1-6,8,10-11,17-18H,7,9H2. The number of fused-ring (bicyclic) bond motifs is 1. The van der Waals surface area contributed by atoms with Crippen LogP contribution in [0.2, 0.25) is 0 Å². The molecule has 0 unspecified atom stereocenters. The van der Waals surface area contributed by atoms with Crippen molar-refractivity contribution in [1.29, 1.82) is 0 Å². The Hall–Kier alpha value is -2.29. The molecule has 0 spiro atoms. The Bertz CT molecular complexity index is 628. The Morgan fingerprint density at radius 3 is 2.94 bits per heavy atom. The van der Waals surface area contributed by atoms with Crippen molar-refractivity contribution in [1.82, 2.24) is 9.97 Å². The van der Waals surface area contributed by atoms with Crippen LogP contribution in [0, 0.1) is 0 Å². The summed E-state index contributed by atoms with van der Waals surface area (Å²) in [5.41, 5.74) is 3.62. The molecule has 0 atom stereocenters. The molecule has 2 heterocycles. The van der Waals surface area contributed by atoms with Crippen LogP contribution in [0.15, 0.2) is 55.0 Å². The second kappa shape index (κ2) is 4.92. The summed E-state index contributed by atoms with van der Waals surface area (Å²) in [5, 5.41) is 4.68. The van der Waals surface area contributed by atoms with Gasteiger partial charge in [0.15, 0.2) is 0 Å². The molecule has 0 fully saturated rings. The first-order valence-corrected chi connectivity index (χ1v) is 6.12. The summed E-state index contributed by atoms with van der Waals surface area (Å²) in [4.78, 5) is 7.38. The van der Waals surface area contributed by atoms with E-state index in [1.165, 1.54) is 16.5 Å². The van der Waals surface area contributed by atoms with Gasteiger partial charge in [0.05, 0.1) is 5.69 Å². The Kier molecular flexibility index (Phi) is 2.96. The zero-order valence-electron chi connectivity index (χ0n) is 10.1. The molecule has 0 saturated heterocycles. The summed E-state index contributed by atoms with van der Waals surface area (Å²) in [6.45, 7) is 0.910. The zero-order chi connectivity index (χ0) is 12.2. The molecule has 0 saturated carbocycles. The molecule has 3 aromatic rings. The van der Waals surface area contributed by atoms with Crippen molar-refractivity contribution >= 4 is 16.6 Å². The van der Waals surface area contributed by atoms with Crippen LogP contribution in [0.5, 0.6) is 0 Å². The Morgan fingerprint density at radius 2 is 2.06 bits per heavy atom. The molecule has 3 heteroatoms. The number of hydrogen-bond acceptors (Lipinski definition) is 2. The minimum atomic E-state index is 0.910. The van der Waals surface area contributed by atoms with Crippen LogP contribution in [0.4, 0.5) is 5.69 Å². The van der Waals surface area contributed by atoms with Crippen LogP contribution < -0.4 is 5.32 Å². The number of aromatic nitrogens is 2. The molecule has 90 valence electrons. The highest BCUT2D eigenvalue weighted by molar-refractivity contribution is 5.83. The number of rotatable bonds is 4. The van der Waals surface area contributed by atoms with Crippen LogP contribution in [-0.2, 0) is 6.42 Å². The topological polar surface area (TPSA) is 40.7 Å².